The molecule has 3 aliphatic rings. The SMILES string of the molecule is Cc1cccc(-c2cnc(N3CCC(C(O)CN4CCC5(CNc6cc(C)ccc65)C(C)C4)CC3)o2)c1. The largest absolute Gasteiger partial charge is 0.423 e. The van der Waals surface area contributed by atoms with Gasteiger partial charge in [-0.25, -0.2) is 4.98 Å². The Morgan fingerprint density at radius 1 is 1.11 bits per heavy atom. The summed E-state index contributed by atoms with van der Waals surface area (Å²) in [5.74, 6) is 1.69. The first kappa shape index (κ1) is 24.5. The molecule has 0 bridgehead atoms. The molecular weight excluding hydrogens is 460 g/mol. The fraction of sp³-hybridized carbons (Fsp3) is 0.516. The summed E-state index contributed by atoms with van der Waals surface area (Å²) in [7, 11) is 0. The number of anilines is 2. The number of aliphatic hydroxyl groups is 1. The van der Waals surface area contributed by atoms with Crippen LogP contribution in [0.15, 0.2) is 53.1 Å². The average Bonchev–Trinajstić information content (AvgIpc) is 3.53. The van der Waals surface area contributed by atoms with Crippen LogP contribution in [0.5, 0.6) is 0 Å². The minimum Gasteiger partial charge on any atom is -0.423 e. The van der Waals surface area contributed by atoms with Crippen LogP contribution in [0.1, 0.15) is 42.9 Å². The van der Waals surface area contributed by atoms with E-state index in [1.165, 1.54) is 22.4 Å². The molecule has 0 radical (unpaired) electrons. The van der Waals surface area contributed by atoms with Gasteiger partial charge in [0.05, 0.1) is 12.3 Å². The Bertz CT molecular complexity index is 1250. The van der Waals surface area contributed by atoms with Gasteiger partial charge >= 0.3 is 0 Å². The number of β-amino-alcohol motifs (C(OH)–C–C–N with tert-alkyl or cyclic N) is 1. The molecule has 3 unspecified atom stereocenters. The predicted octanol–water partition coefficient (Wildman–Crippen LogP) is 5.24. The van der Waals surface area contributed by atoms with E-state index >= 15 is 0 Å². The molecule has 1 aromatic heterocycles. The normalized spacial score (nSPS) is 25.3. The maximum absolute atomic E-state index is 11.2. The molecule has 3 aromatic rings. The van der Waals surface area contributed by atoms with E-state index in [1.54, 1.807) is 0 Å². The van der Waals surface area contributed by atoms with Gasteiger partial charge in [0.1, 0.15) is 0 Å². The smallest absolute Gasteiger partial charge is 0.297 e. The van der Waals surface area contributed by atoms with Crippen LogP contribution in [-0.2, 0) is 5.41 Å². The molecule has 6 rings (SSSR count). The summed E-state index contributed by atoms with van der Waals surface area (Å²) in [5, 5.41) is 14.9. The molecule has 37 heavy (non-hydrogen) atoms. The van der Waals surface area contributed by atoms with Crippen molar-refractivity contribution >= 4 is 11.7 Å². The second-order valence-electron chi connectivity index (χ2n) is 11.7. The number of nitrogens with one attached hydrogen (secondary N) is 1. The third kappa shape index (κ3) is 4.66. The van der Waals surface area contributed by atoms with E-state index in [0.717, 1.165) is 69.9 Å². The molecule has 196 valence electrons. The van der Waals surface area contributed by atoms with Gasteiger partial charge in [0, 0.05) is 49.4 Å². The Morgan fingerprint density at radius 3 is 2.70 bits per heavy atom. The Kier molecular flexibility index (Phi) is 6.49. The highest BCUT2D eigenvalue weighted by molar-refractivity contribution is 5.62. The first-order valence-electron chi connectivity index (χ1n) is 13.9. The quantitative estimate of drug-likeness (QED) is 0.500. The fourth-order valence-corrected chi connectivity index (χ4v) is 6.90. The number of oxazole rings is 1. The van der Waals surface area contributed by atoms with Crippen LogP contribution >= 0.6 is 0 Å². The van der Waals surface area contributed by atoms with Crippen LogP contribution in [0.3, 0.4) is 0 Å². The summed E-state index contributed by atoms with van der Waals surface area (Å²) in [6.07, 6.45) is 4.62. The Balaban J connectivity index is 1.02. The average molecular weight is 501 g/mol. The highest BCUT2D eigenvalue weighted by Gasteiger charge is 2.46. The Labute approximate surface area is 220 Å². The van der Waals surface area contributed by atoms with E-state index in [0.29, 0.717) is 17.9 Å². The van der Waals surface area contributed by atoms with Crippen molar-refractivity contribution in [3.8, 4) is 11.3 Å². The molecule has 0 aliphatic carbocycles. The van der Waals surface area contributed by atoms with Gasteiger partial charge in [-0.15, -0.1) is 0 Å². The first-order valence-corrected chi connectivity index (χ1v) is 13.9. The van der Waals surface area contributed by atoms with Crippen molar-refractivity contribution in [1.29, 1.82) is 0 Å². The van der Waals surface area contributed by atoms with Crippen molar-refractivity contribution in [2.75, 3.05) is 49.5 Å². The monoisotopic (exact) mass is 500 g/mol. The summed E-state index contributed by atoms with van der Waals surface area (Å²) in [6.45, 7) is 12.3. The van der Waals surface area contributed by atoms with Gasteiger partial charge in [0.2, 0.25) is 0 Å². The number of aliphatic hydroxyl groups excluding tert-OH is 1. The van der Waals surface area contributed by atoms with Gasteiger partial charge in [-0.05, 0) is 74.8 Å². The minimum atomic E-state index is -0.285. The van der Waals surface area contributed by atoms with Gasteiger partial charge in [-0.3, -0.25) is 0 Å². The zero-order valence-corrected chi connectivity index (χ0v) is 22.4. The lowest BCUT2D eigenvalue weighted by molar-refractivity contribution is 0.0242. The molecular formula is C31H40N4O2. The number of aromatic nitrogens is 1. The number of benzene rings is 2. The molecule has 2 aromatic carbocycles. The van der Waals surface area contributed by atoms with Crippen molar-refractivity contribution in [2.45, 2.75) is 51.6 Å². The maximum atomic E-state index is 11.2. The minimum absolute atomic E-state index is 0.225. The zero-order valence-electron chi connectivity index (χ0n) is 22.4. The lowest BCUT2D eigenvalue weighted by Gasteiger charge is -2.46. The molecule has 6 nitrogen and oxygen atoms in total. The van der Waals surface area contributed by atoms with Crippen LogP contribution in [-0.4, -0.2) is 60.4 Å². The molecule has 2 fully saturated rings. The number of aryl methyl sites for hydroxylation is 2. The molecule has 6 heteroatoms. The van der Waals surface area contributed by atoms with Gasteiger partial charge in [0.15, 0.2) is 5.76 Å². The standard InChI is InChI=1S/C31H40N4O2/c1-21-5-4-6-25(15-21)29-17-32-30(37-29)35-12-9-24(10-13-35)28(36)19-34-14-11-31(23(3)18-34)20-33-27-16-22(2)7-8-26(27)31/h4-8,15-17,23-24,28,33,36H,9-14,18-20H2,1-3H3. The topological polar surface area (TPSA) is 64.8 Å². The summed E-state index contributed by atoms with van der Waals surface area (Å²) in [6, 6.07) is 15.9. The van der Waals surface area contributed by atoms with E-state index in [-0.39, 0.29) is 11.5 Å². The lowest BCUT2D eigenvalue weighted by atomic mass is 9.67. The van der Waals surface area contributed by atoms with E-state index in [4.69, 9.17) is 4.42 Å². The van der Waals surface area contributed by atoms with Crippen molar-refractivity contribution < 1.29 is 9.52 Å². The molecule has 4 heterocycles. The van der Waals surface area contributed by atoms with Crippen LogP contribution in [0.2, 0.25) is 0 Å². The van der Waals surface area contributed by atoms with E-state index < -0.39 is 0 Å². The third-order valence-corrected chi connectivity index (χ3v) is 9.25. The lowest BCUT2D eigenvalue weighted by Crippen LogP contribution is -2.52. The van der Waals surface area contributed by atoms with Crippen LogP contribution in [0.4, 0.5) is 11.7 Å². The second kappa shape index (κ2) is 9.80. The number of nitrogens with zero attached hydrogens (tertiary/aromatic N) is 3. The number of piperidine rings is 2. The maximum Gasteiger partial charge on any atom is 0.297 e. The van der Waals surface area contributed by atoms with Crippen molar-refractivity contribution in [3.05, 3.63) is 65.4 Å². The third-order valence-electron chi connectivity index (χ3n) is 9.25. The van der Waals surface area contributed by atoms with Gasteiger partial charge < -0.3 is 24.6 Å². The molecule has 0 saturated carbocycles. The first-order chi connectivity index (χ1) is 17.9. The van der Waals surface area contributed by atoms with Crippen LogP contribution in [0.25, 0.3) is 11.3 Å². The number of fused-ring (bicyclic) bond motifs is 2. The van der Waals surface area contributed by atoms with E-state index in [1.807, 2.05) is 12.3 Å². The highest BCUT2D eigenvalue weighted by atomic mass is 16.4. The molecule has 2 N–H and O–H groups in total. The van der Waals surface area contributed by atoms with E-state index in [9.17, 15) is 5.11 Å². The van der Waals surface area contributed by atoms with Crippen molar-refractivity contribution in [2.24, 2.45) is 11.8 Å². The molecule has 1 spiro atoms. The molecule has 0 amide bonds. The summed E-state index contributed by atoms with van der Waals surface area (Å²) in [5.41, 5.74) is 6.64. The number of likely N-dealkylation sites (tertiary alicyclic amines) is 1. The van der Waals surface area contributed by atoms with Gasteiger partial charge in [-0.1, -0.05) is 42.8 Å². The fourth-order valence-electron chi connectivity index (χ4n) is 6.90. The van der Waals surface area contributed by atoms with Crippen LogP contribution in [0, 0.1) is 25.7 Å². The molecule has 2 saturated heterocycles. The van der Waals surface area contributed by atoms with Crippen LogP contribution < -0.4 is 10.2 Å². The van der Waals surface area contributed by atoms with Crippen molar-refractivity contribution in [3.63, 3.8) is 0 Å². The Morgan fingerprint density at radius 2 is 1.92 bits per heavy atom. The summed E-state index contributed by atoms with van der Waals surface area (Å²) >= 11 is 0. The number of hydrogen-bond donors (Lipinski definition) is 2. The number of hydrogen-bond acceptors (Lipinski definition) is 6. The molecule has 3 atom stereocenters. The summed E-state index contributed by atoms with van der Waals surface area (Å²) in [4.78, 5) is 9.28. The molecule has 3 aliphatic heterocycles. The van der Waals surface area contributed by atoms with Gasteiger partial charge in [0.25, 0.3) is 6.01 Å². The zero-order chi connectivity index (χ0) is 25.6. The van der Waals surface area contributed by atoms with Crippen molar-refractivity contribution in [1.82, 2.24) is 9.88 Å². The predicted molar refractivity (Wildman–Crippen MR) is 149 cm³/mol. The highest BCUT2D eigenvalue weighted by Crippen LogP contribution is 2.47. The summed E-state index contributed by atoms with van der Waals surface area (Å²) < 4.78 is 6.11. The number of rotatable bonds is 5. The van der Waals surface area contributed by atoms with Gasteiger partial charge in [-0.2, -0.15) is 0 Å². The second-order valence-corrected chi connectivity index (χ2v) is 11.7. The van der Waals surface area contributed by atoms with E-state index in [2.05, 4.69) is 77.3 Å². The Hall–Kier alpha value is -2.83.